The van der Waals surface area contributed by atoms with Crippen molar-refractivity contribution in [1.29, 1.82) is 0 Å². The third-order valence-electron chi connectivity index (χ3n) is 4.22. The molecule has 0 N–H and O–H groups in total. The van der Waals surface area contributed by atoms with Crippen molar-refractivity contribution >= 4 is 0 Å². The molecule has 70 valence electrons. The molecule has 13 heavy (non-hydrogen) atoms. The van der Waals surface area contributed by atoms with Crippen molar-refractivity contribution in [1.82, 2.24) is 0 Å². The van der Waals surface area contributed by atoms with E-state index in [1.54, 1.807) is 4.70 Å². The smallest absolute Gasteiger partial charge is 0.179 e. The first-order chi connectivity index (χ1) is 6.34. The molecule has 2 nitrogen and oxygen atoms in total. The number of hydrogen-bond donors (Lipinski definition) is 0. The fourth-order valence-corrected chi connectivity index (χ4v) is 3.59. The maximum Gasteiger partial charge on any atom is 0.179 e. The van der Waals surface area contributed by atoms with Gasteiger partial charge in [0, 0.05) is 12.8 Å². The summed E-state index contributed by atoms with van der Waals surface area (Å²) in [5, 5.41) is 0. The van der Waals surface area contributed by atoms with Crippen LogP contribution in [0.15, 0.2) is 12.2 Å². The minimum atomic E-state index is 0.0689. The highest BCUT2D eigenvalue weighted by atomic mass is 15.3. The molecule has 2 fully saturated rings. The van der Waals surface area contributed by atoms with Gasteiger partial charge in [0.05, 0.1) is 5.92 Å². The summed E-state index contributed by atoms with van der Waals surface area (Å²) >= 11 is 0. The second-order valence-corrected chi connectivity index (χ2v) is 4.74. The molecule has 2 heterocycles. The normalized spacial score (nSPS) is 47.8. The highest BCUT2D eigenvalue weighted by Crippen LogP contribution is 2.52. The van der Waals surface area contributed by atoms with Crippen molar-refractivity contribution in [3.8, 4) is 0 Å². The molecule has 3 aliphatic rings. The largest absolute Gasteiger partial charge is 0.506 e. The summed E-state index contributed by atoms with van der Waals surface area (Å²) in [7, 11) is 0. The number of allylic oxidation sites excluding steroid dienone is 1. The van der Waals surface area contributed by atoms with Crippen molar-refractivity contribution in [3.63, 3.8) is 0 Å². The molecule has 0 aromatic heterocycles. The lowest BCUT2D eigenvalue weighted by atomic mass is 9.60. The summed E-state index contributed by atoms with van der Waals surface area (Å²) in [6, 6.07) is 0.483. The van der Waals surface area contributed by atoms with E-state index in [0.29, 0.717) is 6.04 Å². The first kappa shape index (κ1) is 7.72. The lowest BCUT2D eigenvalue weighted by Crippen LogP contribution is -2.68. The Kier molecular flexibility index (Phi) is 1.44. The van der Waals surface area contributed by atoms with Crippen molar-refractivity contribution in [2.45, 2.75) is 50.1 Å². The molecule has 0 aromatic carbocycles. The highest BCUT2D eigenvalue weighted by Gasteiger charge is 2.63. The fraction of sp³-hybridized carbons (Fsp3) is 0.818. The fourth-order valence-electron chi connectivity index (χ4n) is 3.59. The van der Waals surface area contributed by atoms with Gasteiger partial charge in [-0.25, -0.2) is 0 Å². The molecule has 0 amide bonds. The van der Waals surface area contributed by atoms with E-state index in [0.717, 1.165) is 5.92 Å². The van der Waals surface area contributed by atoms with Gasteiger partial charge in [-0.15, -0.1) is 0 Å². The Hall–Kier alpha value is -0.660. The zero-order valence-corrected chi connectivity index (χ0v) is 7.95. The number of piperidine rings is 1. The quantitative estimate of drug-likeness (QED) is 0.400. The van der Waals surface area contributed by atoms with E-state index < -0.39 is 0 Å². The Morgan fingerprint density at radius 2 is 2.23 bits per heavy atom. The van der Waals surface area contributed by atoms with Gasteiger partial charge in [0.2, 0.25) is 0 Å². The first-order valence-corrected chi connectivity index (χ1v) is 5.50. The molecule has 2 aliphatic heterocycles. The van der Waals surface area contributed by atoms with E-state index in [1.807, 2.05) is 0 Å². The van der Waals surface area contributed by atoms with Crippen LogP contribution in [0.2, 0.25) is 0 Å². The van der Waals surface area contributed by atoms with Gasteiger partial charge in [-0.3, -0.25) is 0 Å². The summed E-state index contributed by atoms with van der Waals surface area (Å²) in [4.78, 5) is 0. The van der Waals surface area contributed by atoms with Crippen LogP contribution in [0.25, 0.3) is 5.53 Å². The lowest BCUT2D eigenvalue weighted by molar-refractivity contribution is -0.743. The summed E-state index contributed by atoms with van der Waals surface area (Å²) in [6.45, 7) is 0. The zero-order chi connectivity index (χ0) is 8.89. The first-order valence-electron chi connectivity index (χ1n) is 5.50. The molecule has 0 radical (unpaired) electrons. The van der Waals surface area contributed by atoms with Gasteiger partial charge in [0.15, 0.2) is 11.6 Å². The molecule has 0 saturated carbocycles. The van der Waals surface area contributed by atoms with Crippen molar-refractivity contribution in [2.24, 2.45) is 5.92 Å². The standard InChI is InChI=1S/C11H16N2/c12-13-10-6-4-8-11(13)7-3-1-2-5-9(10)11/h3,7,9-10H,1-2,4-6,8H2. The van der Waals surface area contributed by atoms with Gasteiger partial charge >= 0.3 is 0 Å². The van der Waals surface area contributed by atoms with Crippen molar-refractivity contribution < 1.29 is 4.70 Å². The average Bonchev–Trinajstić information content (AvgIpc) is 2.37. The van der Waals surface area contributed by atoms with Gasteiger partial charge in [0.25, 0.3) is 0 Å². The van der Waals surface area contributed by atoms with Gasteiger partial charge in [0.1, 0.15) is 0 Å². The number of nitrogens with zero attached hydrogens (tertiary/aromatic N) is 2. The van der Waals surface area contributed by atoms with Crippen LogP contribution in [0.5, 0.6) is 0 Å². The van der Waals surface area contributed by atoms with Crippen LogP contribution in [0.3, 0.4) is 0 Å². The molecule has 3 atom stereocenters. The number of hydrogen-bond acceptors (Lipinski definition) is 0. The lowest BCUT2D eigenvalue weighted by Gasteiger charge is -2.55. The molecule has 2 heteroatoms. The number of fused-ring (bicyclic) bond motifs is 2. The maximum absolute atomic E-state index is 9.92. The molecule has 2 saturated heterocycles. The monoisotopic (exact) mass is 176 g/mol. The second kappa shape index (κ2) is 2.43. The molecular formula is C11H16N2. The van der Waals surface area contributed by atoms with Crippen molar-refractivity contribution in [2.75, 3.05) is 0 Å². The van der Waals surface area contributed by atoms with Gasteiger partial charge in [-0.1, -0.05) is 6.08 Å². The predicted octanol–water partition coefficient (Wildman–Crippen LogP) is 2.68. The minimum Gasteiger partial charge on any atom is -0.506 e. The van der Waals surface area contributed by atoms with Crippen LogP contribution in [-0.4, -0.2) is 16.3 Å². The molecule has 1 spiro atoms. The Balaban J connectivity index is 2.00. The molecular weight excluding hydrogens is 160 g/mol. The average molecular weight is 176 g/mol. The predicted molar refractivity (Wildman–Crippen MR) is 50.5 cm³/mol. The van der Waals surface area contributed by atoms with Gasteiger partial charge in [-0.05, 0) is 31.8 Å². The Morgan fingerprint density at radius 3 is 3.08 bits per heavy atom. The number of rotatable bonds is 0. The van der Waals surface area contributed by atoms with Crippen LogP contribution < -0.4 is 0 Å². The second-order valence-electron chi connectivity index (χ2n) is 4.74. The Labute approximate surface area is 79.1 Å². The molecule has 3 unspecified atom stereocenters. The van der Waals surface area contributed by atoms with Crippen LogP contribution in [0.4, 0.5) is 0 Å². The molecule has 2 bridgehead atoms. The van der Waals surface area contributed by atoms with Crippen LogP contribution in [0, 0.1) is 5.92 Å². The zero-order valence-electron chi connectivity index (χ0n) is 7.95. The summed E-state index contributed by atoms with van der Waals surface area (Å²) in [5.41, 5.74) is 9.99. The van der Waals surface area contributed by atoms with Crippen LogP contribution in [0.1, 0.15) is 38.5 Å². The Bertz CT molecular complexity index is 282. The highest BCUT2D eigenvalue weighted by molar-refractivity contribution is 5.15. The van der Waals surface area contributed by atoms with Crippen molar-refractivity contribution in [3.05, 3.63) is 17.7 Å². The third kappa shape index (κ3) is 0.792. The maximum atomic E-state index is 9.92. The molecule has 3 rings (SSSR count). The minimum absolute atomic E-state index is 0.0689. The van der Waals surface area contributed by atoms with Crippen LogP contribution in [-0.2, 0) is 0 Å². The summed E-state index contributed by atoms with van der Waals surface area (Å²) in [5.74, 6) is 0.755. The van der Waals surface area contributed by atoms with E-state index in [9.17, 15) is 5.53 Å². The van der Waals surface area contributed by atoms with E-state index in [1.165, 1.54) is 38.5 Å². The van der Waals surface area contributed by atoms with Gasteiger partial charge < -0.3 is 10.2 Å². The summed E-state index contributed by atoms with van der Waals surface area (Å²) < 4.78 is 1.64. The van der Waals surface area contributed by atoms with E-state index in [-0.39, 0.29) is 5.54 Å². The summed E-state index contributed by atoms with van der Waals surface area (Å²) in [6.07, 6.45) is 12.0. The topological polar surface area (TPSA) is 25.3 Å². The molecule has 0 aromatic rings. The SMILES string of the molecule is [N-]=[N+]1C2CCCC13C=CCCCC23. The Morgan fingerprint density at radius 1 is 1.31 bits per heavy atom. The molecule has 1 aliphatic carbocycles. The van der Waals surface area contributed by atoms with Gasteiger partial charge in [-0.2, -0.15) is 0 Å². The van der Waals surface area contributed by atoms with E-state index >= 15 is 0 Å². The third-order valence-corrected chi connectivity index (χ3v) is 4.22. The van der Waals surface area contributed by atoms with E-state index in [2.05, 4.69) is 12.2 Å². The van der Waals surface area contributed by atoms with Crippen LogP contribution >= 0.6 is 0 Å². The van der Waals surface area contributed by atoms with E-state index in [4.69, 9.17) is 0 Å².